The number of aliphatic hydroxyl groups excluding tert-OH is 1. The molecule has 0 spiro atoms. The van der Waals surface area contributed by atoms with Crippen molar-refractivity contribution in [3.63, 3.8) is 0 Å². The van der Waals surface area contributed by atoms with Gasteiger partial charge >= 0.3 is 0 Å². The fourth-order valence-electron chi connectivity index (χ4n) is 1.57. The van der Waals surface area contributed by atoms with E-state index >= 15 is 0 Å². The Morgan fingerprint density at radius 1 is 1.06 bits per heavy atom. The molecule has 0 fully saturated rings. The molecule has 0 heterocycles. The van der Waals surface area contributed by atoms with Crippen LogP contribution < -0.4 is 4.74 Å². The van der Waals surface area contributed by atoms with Gasteiger partial charge in [0.1, 0.15) is 12.4 Å². The largest absolute Gasteiger partial charge is 0.491 e. The molecule has 1 atom stereocenters. The number of ether oxygens (including phenoxy) is 2. The average molecular weight is 252 g/mol. The van der Waals surface area contributed by atoms with Crippen molar-refractivity contribution in [1.29, 1.82) is 0 Å². The molecule has 0 aliphatic heterocycles. The first-order valence-corrected chi connectivity index (χ1v) is 6.59. The minimum absolute atomic E-state index is 0.242. The van der Waals surface area contributed by atoms with Gasteiger partial charge in [0.2, 0.25) is 0 Å². The molecule has 102 valence electrons. The van der Waals surface area contributed by atoms with E-state index in [2.05, 4.69) is 0 Å². The number of aliphatic hydroxyl groups is 1. The molecule has 0 aliphatic carbocycles. The predicted molar refractivity (Wildman–Crippen MR) is 73.0 cm³/mol. The fourth-order valence-corrected chi connectivity index (χ4v) is 1.57. The highest BCUT2D eigenvalue weighted by Crippen LogP contribution is 2.14. The van der Waals surface area contributed by atoms with Crippen molar-refractivity contribution in [2.24, 2.45) is 0 Å². The van der Waals surface area contributed by atoms with Crippen molar-refractivity contribution in [2.75, 3.05) is 13.2 Å². The van der Waals surface area contributed by atoms with Crippen molar-refractivity contribution in [3.8, 4) is 5.75 Å². The van der Waals surface area contributed by atoms with Crippen LogP contribution in [0, 0.1) is 0 Å². The van der Waals surface area contributed by atoms with E-state index in [0.29, 0.717) is 13.2 Å². The van der Waals surface area contributed by atoms with Gasteiger partial charge in [-0.15, -0.1) is 0 Å². The van der Waals surface area contributed by atoms with Crippen LogP contribution in [0.15, 0.2) is 24.3 Å². The molecule has 1 aromatic rings. The number of benzene rings is 1. The molecule has 0 saturated carbocycles. The number of hydrogen-bond acceptors (Lipinski definition) is 3. The van der Waals surface area contributed by atoms with E-state index in [0.717, 1.165) is 18.6 Å². The minimum atomic E-state index is -0.242. The predicted octanol–water partition coefficient (Wildman–Crippen LogP) is 2.80. The lowest BCUT2D eigenvalue weighted by Gasteiger charge is -2.10. The van der Waals surface area contributed by atoms with Crippen molar-refractivity contribution < 1.29 is 14.6 Å². The van der Waals surface area contributed by atoms with Gasteiger partial charge < -0.3 is 14.6 Å². The Kier molecular flexibility index (Phi) is 6.76. The Hall–Kier alpha value is -1.06. The summed E-state index contributed by atoms with van der Waals surface area (Å²) in [5.74, 6) is 0.864. The monoisotopic (exact) mass is 252 g/mol. The Morgan fingerprint density at radius 3 is 2.28 bits per heavy atom. The SMILES string of the molecule is CC(O)CCc1ccc(OCCOC(C)C)cc1. The van der Waals surface area contributed by atoms with Crippen LogP contribution in [0.5, 0.6) is 5.75 Å². The number of aryl methyl sites for hydroxylation is 1. The lowest BCUT2D eigenvalue weighted by atomic mass is 10.1. The lowest BCUT2D eigenvalue weighted by Crippen LogP contribution is -2.11. The van der Waals surface area contributed by atoms with E-state index in [4.69, 9.17) is 9.47 Å². The first-order chi connectivity index (χ1) is 8.58. The molecule has 0 saturated heterocycles. The highest BCUT2D eigenvalue weighted by Gasteiger charge is 1.99. The molecule has 3 nitrogen and oxygen atoms in total. The average Bonchev–Trinajstić information content (AvgIpc) is 2.33. The molecule has 1 N–H and O–H groups in total. The summed E-state index contributed by atoms with van der Waals surface area (Å²) in [5, 5.41) is 9.22. The Morgan fingerprint density at radius 2 is 1.72 bits per heavy atom. The van der Waals surface area contributed by atoms with Crippen LogP contribution in [0.2, 0.25) is 0 Å². The van der Waals surface area contributed by atoms with Gasteiger partial charge in [-0.2, -0.15) is 0 Å². The van der Waals surface area contributed by atoms with Crippen molar-refractivity contribution in [3.05, 3.63) is 29.8 Å². The van der Waals surface area contributed by atoms with Crippen molar-refractivity contribution in [2.45, 2.75) is 45.8 Å². The van der Waals surface area contributed by atoms with Gasteiger partial charge in [-0.1, -0.05) is 12.1 Å². The van der Waals surface area contributed by atoms with E-state index in [1.54, 1.807) is 0 Å². The summed E-state index contributed by atoms with van der Waals surface area (Å²) >= 11 is 0. The zero-order valence-corrected chi connectivity index (χ0v) is 11.6. The minimum Gasteiger partial charge on any atom is -0.491 e. The molecule has 0 aromatic heterocycles. The third kappa shape index (κ3) is 6.62. The lowest BCUT2D eigenvalue weighted by molar-refractivity contribution is 0.0552. The summed E-state index contributed by atoms with van der Waals surface area (Å²) in [6.07, 6.45) is 1.70. The van der Waals surface area contributed by atoms with Crippen LogP contribution in [-0.2, 0) is 11.2 Å². The maximum absolute atomic E-state index is 9.22. The van der Waals surface area contributed by atoms with Crippen molar-refractivity contribution in [1.82, 2.24) is 0 Å². The Bertz CT molecular complexity index is 317. The summed E-state index contributed by atoms with van der Waals surface area (Å²) in [6.45, 7) is 7.02. The van der Waals surface area contributed by atoms with Gasteiger partial charge in [-0.05, 0) is 51.3 Å². The molecule has 18 heavy (non-hydrogen) atoms. The zero-order chi connectivity index (χ0) is 13.4. The smallest absolute Gasteiger partial charge is 0.119 e. The van der Waals surface area contributed by atoms with E-state index in [1.165, 1.54) is 5.56 Å². The van der Waals surface area contributed by atoms with E-state index in [-0.39, 0.29) is 12.2 Å². The molecular formula is C15H24O3. The summed E-state index contributed by atoms with van der Waals surface area (Å²) in [5.41, 5.74) is 1.22. The normalized spacial score (nSPS) is 12.7. The molecular weight excluding hydrogens is 228 g/mol. The second-order valence-electron chi connectivity index (χ2n) is 4.80. The Labute approximate surface area is 110 Å². The molecule has 0 amide bonds. The fraction of sp³-hybridized carbons (Fsp3) is 0.600. The van der Waals surface area contributed by atoms with Crippen LogP contribution in [0.25, 0.3) is 0 Å². The highest BCUT2D eigenvalue weighted by molar-refractivity contribution is 5.27. The third-order valence-corrected chi connectivity index (χ3v) is 2.58. The van der Waals surface area contributed by atoms with Crippen LogP contribution in [0.4, 0.5) is 0 Å². The topological polar surface area (TPSA) is 38.7 Å². The third-order valence-electron chi connectivity index (χ3n) is 2.58. The molecule has 1 unspecified atom stereocenters. The van der Waals surface area contributed by atoms with Crippen molar-refractivity contribution >= 4 is 0 Å². The van der Waals surface area contributed by atoms with Crippen LogP contribution in [0.3, 0.4) is 0 Å². The van der Waals surface area contributed by atoms with Crippen LogP contribution in [0.1, 0.15) is 32.8 Å². The quantitative estimate of drug-likeness (QED) is 0.723. The Balaban J connectivity index is 2.27. The standard InChI is InChI=1S/C15H24O3/c1-12(2)17-10-11-18-15-8-6-14(7-9-15)5-4-13(3)16/h6-9,12-13,16H,4-5,10-11H2,1-3H3. The molecule has 3 heteroatoms. The first-order valence-electron chi connectivity index (χ1n) is 6.59. The summed E-state index contributed by atoms with van der Waals surface area (Å²) < 4.78 is 11.0. The maximum atomic E-state index is 9.22. The molecule has 0 radical (unpaired) electrons. The second-order valence-corrected chi connectivity index (χ2v) is 4.80. The van der Waals surface area contributed by atoms with E-state index in [9.17, 15) is 5.11 Å². The van der Waals surface area contributed by atoms with Gasteiger partial charge in [0.15, 0.2) is 0 Å². The number of hydrogen-bond donors (Lipinski definition) is 1. The van der Waals surface area contributed by atoms with Gasteiger partial charge in [-0.3, -0.25) is 0 Å². The molecule has 0 bridgehead atoms. The molecule has 1 rings (SSSR count). The van der Waals surface area contributed by atoms with E-state index < -0.39 is 0 Å². The second kappa shape index (κ2) is 8.11. The summed E-state index contributed by atoms with van der Waals surface area (Å²) in [6, 6.07) is 8.02. The van der Waals surface area contributed by atoms with Gasteiger partial charge in [0.05, 0.1) is 18.8 Å². The van der Waals surface area contributed by atoms with Crippen LogP contribution in [-0.4, -0.2) is 30.5 Å². The first kappa shape index (κ1) is 15.0. The van der Waals surface area contributed by atoms with Gasteiger partial charge in [-0.25, -0.2) is 0 Å². The summed E-state index contributed by atoms with van der Waals surface area (Å²) in [4.78, 5) is 0. The zero-order valence-electron chi connectivity index (χ0n) is 11.6. The van der Waals surface area contributed by atoms with Gasteiger partial charge in [0, 0.05) is 0 Å². The van der Waals surface area contributed by atoms with Crippen LogP contribution >= 0.6 is 0 Å². The molecule has 0 aliphatic rings. The highest BCUT2D eigenvalue weighted by atomic mass is 16.5. The maximum Gasteiger partial charge on any atom is 0.119 e. The molecule has 1 aromatic carbocycles. The summed E-state index contributed by atoms with van der Waals surface area (Å²) in [7, 11) is 0. The van der Waals surface area contributed by atoms with E-state index in [1.807, 2.05) is 45.0 Å². The van der Waals surface area contributed by atoms with Gasteiger partial charge in [0.25, 0.3) is 0 Å². The number of rotatable bonds is 8.